The van der Waals surface area contributed by atoms with Crippen LogP contribution in [0.25, 0.3) is 0 Å². The number of hydrogen-bond acceptors (Lipinski definition) is 3. The van der Waals surface area contributed by atoms with E-state index in [-0.39, 0.29) is 36.1 Å². The molecule has 0 saturated carbocycles. The Labute approximate surface area is 180 Å². The Morgan fingerprint density at radius 2 is 1.66 bits per heavy atom. The standard InChI is InChI=1S/C23H31N3O2.ClH/c1-17-10-12-19(13-11-17)22(28)25-20(18-8-6-5-7-9-18)14-21(27)26(4)16-23(2,3)15-24;/h5-13,20H,14-16,24H2,1-4H3,(H,25,28);1H. The Balaban J connectivity index is 0.00000420. The van der Waals surface area contributed by atoms with E-state index in [0.29, 0.717) is 18.7 Å². The lowest BCUT2D eigenvalue weighted by atomic mass is 9.93. The first-order chi connectivity index (χ1) is 13.2. The molecule has 2 aromatic carbocycles. The number of benzene rings is 2. The summed E-state index contributed by atoms with van der Waals surface area (Å²) in [6.45, 7) is 7.10. The third kappa shape index (κ3) is 7.52. The van der Waals surface area contributed by atoms with E-state index in [1.165, 1.54) is 0 Å². The normalized spacial score (nSPS) is 11.9. The van der Waals surface area contributed by atoms with Crippen molar-refractivity contribution < 1.29 is 9.59 Å². The summed E-state index contributed by atoms with van der Waals surface area (Å²) in [5.41, 5.74) is 8.22. The van der Waals surface area contributed by atoms with Crippen LogP contribution in [0.15, 0.2) is 54.6 Å². The molecule has 5 nitrogen and oxygen atoms in total. The van der Waals surface area contributed by atoms with Gasteiger partial charge >= 0.3 is 0 Å². The largest absolute Gasteiger partial charge is 0.345 e. The first-order valence-corrected chi connectivity index (χ1v) is 9.58. The summed E-state index contributed by atoms with van der Waals surface area (Å²) in [5.74, 6) is -0.217. The topological polar surface area (TPSA) is 75.4 Å². The highest BCUT2D eigenvalue weighted by Crippen LogP contribution is 2.21. The van der Waals surface area contributed by atoms with E-state index >= 15 is 0 Å². The van der Waals surface area contributed by atoms with Crippen molar-refractivity contribution in [1.82, 2.24) is 10.2 Å². The second-order valence-corrected chi connectivity index (χ2v) is 8.13. The molecule has 3 N–H and O–H groups in total. The van der Waals surface area contributed by atoms with Gasteiger partial charge in [-0.2, -0.15) is 0 Å². The van der Waals surface area contributed by atoms with Gasteiger partial charge in [-0.25, -0.2) is 0 Å². The molecular formula is C23H32ClN3O2. The van der Waals surface area contributed by atoms with Gasteiger partial charge in [0.15, 0.2) is 0 Å². The summed E-state index contributed by atoms with van der Waals surface area (Å²) < 4.78 is 0. The van der Waals surface area contributed by atoms with Crippen molar-refractivity contribution in [1.29, 1.82) is 0 Å². The number of aryl methyl sites for hydroxylation is 1. The van der Waals surface area contributed by atoms with Crippen LogP contribution in [0.1, 0.15) is 47.8 Å². The molecule has 1 atom stereocenters. The van der Waals surface area contributed by atoms with Crippen LogP contribution >= 0.6 is 12.4 Å². The zero-order valence-corrected chi connectivity index (χ0v) is 18.5. The van der Waals surface area contributed by atoms with Gasteiger partial charge in [0.05, 0.1) is 12.5 Å². The molecule has 0 aliphatic rings. The van der Waals surface area contributed by atoms with Crippen LogP contribution in [-0.2, 0) is 4.79 Å². The highest BCUT2D eigenvalue weighted by Gasteiger charge is 2.25. The van der Waals surface area contributed by atoms with Crippen LogP contribution in [-0.4, -0.2) is 36.9 Å². The van der Waals surface area contributed by atoms with Crippen LogP contribution in [0.2, 0.25) is 0 Å². The Kier molecular flexibility index (Phi) is 9.34. The monoisotopic (exact) mass is 417 g/mol. The molecule has 6 heteroatoms. The maximum atomic E-state index is 12.8. The van der Waals surface area contributed by atoms with Gasteiger partial charge in [-0.3, -0.25) is 9.59 Å². The molecule has 0 bridgehead atoms. The first-order valence-electron chi connectivity index (χ1n) is 9.58. The van der Waals surface area contributed by atoms with E-state index in [4.69, 9.17) is 5.73 Å². The van der Waals surface area contributed by atoms with Gasteiger partial charge in [-0.15, -0.1) is 12.4 Å². The maximum absolute atomic E-state index is 12.8. The van der Waals surface area contributed by atoms with Gasteiger partial charge in [0.1, 0.15) is 0 Å². The second-order valence-electron chi connectivity index (χ2n) is 8.13. The summed E-state index contributed by atoms with van der Waals surface area (Å²) in [6, 6.07) is 16.6. The zero-order chi connectivity index (χ0) is 20.7. The number of hydrogen-bond donors (Lipinski definition) is 2. The van der Waals surface area contributed by atoms with Crippen molar-refractivity contribution in [3.05, 3.63) is 71.3 Å². The van der Waals surface area contributed by atoms with Gasteiger partial charge < -0.3 is 16.0 Å². The van der Waals surface area contributed by atoms with Crippen molar-refractivity contribution in [2.45, 2.75) is 33.2 Å². The number of amides is 2. The van der Waals surface area contributed by atoms with E-state index in [0.717, 1.165) is 11.1 Å². The van der Waals surface area contributed by atoms with Crippen molar-refractivity contribution >= 4 is 24.2 Å². The molecule has 0 saturated heterocycles. The summed E-state index contributed by atoms with van der Waals surface area (Å²) in [7, 11) is 1.78. The first kappa shape index (κ1) is 24.7. The number of nitrogens with two attached hydrogens (primary N) is 1. The van der Waals surface area contributed by atoms with Crippen molar-refractivity contribution in [2.24, 2.45) is 11.1 Å². The number of halogens is 1. The molecule has 2 rings (SSSR count). The van der Waals surface area contributed by atoms with Crippen LogP contribution in [0.5, 0.6) is 0 Å². The number of rotatable bonds is 8. The predicted octanol–water partition coefficient (Wildman–Crippen LogP) is 3.72. The van der Waals surface area contributed by atoms with E-state index in [1.54, 1.807) is 24.1 Å². The second kappa shape index (κ2) is 11.0. The lowest BCUT2D eigenvalue weighted by Gasteiger charge is -2.30. The van der Waals surface area contributed by atoms with Gasteiger partial charge in [0, 0.05) is 19.2 Å². The van der Waals surface area contributed by atoms with Gasteiger partial charge in [-0.1, -0.05) is 61.9 Å². The Morgan fingerprint density at radius 3 is 2.21 bits per heavy atom. The number of nitrogens with zero attached hydrogens (tertiary/aromatic N) is 1. The SMILES string of the molecule is Cc1ccc(C(=O)NC(CC(=O)N(C)CC(C)(C)CN)c2ccccc2)cc1.Cl. The minimum Gasteiger partial charge on any atom is -0.345 e. The van der Waals surface area contributed by atoms with Crippen molar-refractivity contribution in [3.63, 3.8) is 0 Å². The fourth-order valence-corrected chi connectivity index (χ4v) is 3.01. The summed E-state index contributed by atoms with van der Waals surface area (Å²) >= 11 is 0. The van der Waals surface area contributed by atoms with E-state index in [1.807, 2.05) is 63.2 Å². The Morgan fingerprint density at radius 1 is 1.07 bits per heavy atom. The Hall–Kier alpha value is -2.37. The zero-order valence-electron chi connectivity index (χ0n) is 17.6. The predicted molar refractivity (Wildman–Crippen MR) is 120 cm³/mol. The van der Waals surface area contributed by atoms with E-state index < -0.39 is 6.04 Å². The number of carbonyl (C=O) groups is 2. The summed E-state index contributed by atoms with van der Waals surface area (Å²) in [6.07, 6.45) is 0.193. The molecule has 1 unspecified atom stereocenters. The van der Waals surface area contributed by atoms with Crippen molar-refractivity contribution in [3.8, 4) is 0 Å². The van der Waals surface area contributed by atoms with Crippen LogP contribution in [0.3, 0.4) is 0 Å². The maximum Gasteiger partial charge on any atom is 0.251 e. The Bertz CT molecular complexity index is 792. The average Bonchev–Trinajstić information content (AvgIpc) is 2.68. The molecule has 0 fully saturated rings. The van der Waals surface area contributed by atoms with Gasteiger partial charge in [0.25, 0.3) is 5.91 Å². The molecule has 0 radical (unpaired) electrons. The van der Waals surface area contributed by atoms with Crippen LogP contribution in [0, 0.1) is 12.3 Å². The molecule has 2 aromatic rings. The van der Waals surface area contributed by atoms with E-state index in [9.17, 15) is 9.59 Å². The third-order valence-electron chi connectivity index (χ3n) is 4.84. The minimum atomic E-state index is -0.397. The summed E-state index contributed by atoms with van der Waals surface area (Å²) in [4.78, 5) is 27.2. The fourth-order valence-electron chi connectivity index (χ4n) is 3.01. The van der Waals surface area contributed by atoms with Gasteiger partial charge in [-0.05, 0) is 36.6 Å². The van der Waals surface area contributed by atoms with Crippen molar-refractivity contribution in [2.75, 3.05) is 20.1 Å². The van der Waals surface area contributed by atoms with Crippen LogP contribution in [0.4, 0.5) is 0 Å². The molecule has 0 aromatic heterocycles. The average molecular weight is 418 g/mol. The lowest BCUT2D eigenvalue weighted by molar-refractivity contribution is -0.131. The molecule has 0 aliphatic heterocycles. The highest BCUT2D eigenvalue weighted by atomic mass is 35.5. The quantitative estimate of drug-likeness (QED) is 0.687. The number of carbonyl (C=O) groups excluding carboxylic acids is 2. The molecule has 0 spiro atoms. The fraction of sp³-hybridized carbons (Fsp3) is 0.391. The lowest BCUT2D eigenvalue weighted by Crippen LogP contribution is -2.41. The molecular weight excluding hydrogens is 386 g/mol. The van der Waals surface area contributed by atoms with Gasteiger partial charge in [0.2, 0.25) is 5.91 Å². The molecule has 2 amide bonds. The van der Waals surface area contributed by atoms with Crippen LogP contribution < -0.4 is 11.1 Å². The molecule has 0 aliphatic carbocycles. The third-order valence-corrected chi connectivity index (χ3v) is 4.84. The minimum absolute atomic E-state index is 0. The summed E-state index contributed by atoms with van der Waals surface area (Å²) in [5, 5.41) is 3.02. The number of nitrogens with one attached hydrogen (secondary N) is 1. The molecule has 29 heavy (non-hydrogen) atoms. The van der Waals surface area contributed by atoms with E-state index in [2.05, 4.69) is 5.32 Å². The molecule has 158 valence electrons. The smallest absolute Gasteiger partial charge is 0.251 e. The molecule has 0 heterocycles. The highest BCUT2D eigenvalue weighted by molar-refractivity contribution is 5.94.